The summed E-state index contributed by atoms with van der Waals surface area (Å²) in [5.41, 5.74) is 6.43. The fourth-order valence-electron chi connectivity index (χ4n) is 0.983. The Labute approximate surface area is 140 Å². The van der Waals surface area contributed by atoms with Crippen LogP contribution in [0.2, 0.25) is 0 Å². The molecule has 126 valence electrons. The van der Waals surface area contributed by atoms with Crippen molar-refractivity contribution in [3.63, 3.8) is 0 Å². The van der Waals surface area contributed by atoms with E-state index in [1.165, 1.54) is 0 Å². The fraction of sp³-hybridized carbons (Fsp3) is 0.600. The van der Waals surface area contributed by atoms with Crippen LogP contribution in [0, 0.1) is 0 Å². The third-order valence-corrected chi connectivity index (χ3v) is 3.60. The molecule has 0 aliphatic carbocycles. The summed E-state index contributed by atoms with van der Waals surface area (Å²) in [5.74, 6) is -0.326. The first-order chi connectivity index (χ1) is 10.2. The third kappa shape index (κ3) is 11.3. The molecule has 0 aromatic rings. The van der Waals surface area contributed by atoms with Gasteiger partial charge >= 0.3 is 0 Å². The topological polar surface area (TPSA) is 127 Å². The fourth-order valence-corrected chi connectivity index (χ4v) is 1.69. The van der Waals surface area contributed by atoms with Crippen molar-refractivity contribution >= 4 is 56.2 Å². The normalized spacial score (nSPS) is 12.5. The quantitative estimate of drug-likeness (QED) is 0.134. The number of thiocarbonyl (C=S) groups is 2. The highest BCUT2D eigenvalue weighted by molar-refractivity contribution is 7.85. The number of nitrogens with one attached hydrogen (secondary N) is 4. The minimum Gasteiger partial charge on any atom is -0.364 e. The Kier molecular flexibility index (Phi) is 9.73. The molecule has 0 aliphatic heterocycles. The highest BCUT2D eigenvalue weighted by Crippen LogP contribution is 1.87. The molecule has 0 atom stereocenters. The van der Waals surface area contributed by atoms with Crippen molar-refractivity contribution in [2.45, 2.75) is 20.3 Å². The zero-order chi connectivity index (χ0) is 17.2. The van der Waals surface area contributed by atoms with Gasteiger partial charge in [0, 0.05) is 13.6 Å². The molecule has 0 aliphatic rings. The molecule has 22 heavy (non-hydrogen) atoms. The van der Waals surface area contributed by atoms with E-state index in [-0.39, 0.29) is 17.3 Å². The average molecular weight is 369 g/mol. The first-order valence-corrected chi connectivity index (χ1v) is 8.64. The summed E-state index contributed by atoms with van der Waals surface area (Å²) in [6.07, 6.45) is 0.231. The van der Waals surface area contributed by atoms with E-state index in [0.717, 1.165) is 0 Å². The molecular formula is C10H20N6O3S3. The number of nitrogens with zero attached hydrogens (tertiary/aromatic N) is 2. The number of hydrogen-bond donors (Lipinski definition) is 5. The molecule has 12 heteroatoms. The smallest absolute Gasteiger partial charge is 0.264 e. The standard InChI is InChI=1S/C10H20N6O3S3/c1-7(13-15-9(20)11-3)8(2)14-16-10(21)12-5-4-6-22(17,18)19/h4-6H2,1-3H3,(H2,11,15,20)(H2,12,16,21)(H,17,18,19). The van der Waals surface area contributed by atoms with E-state index in [1.54, 1.807) is 20.9 Å². The molecule has 0 fully saturated rings. The van der Waals surface area contributed by atoms with E-state index in [1.807, 2.05) is 0 Å². The highest BCUT2D eigenvalue weighted by atomic mass is 32.2. The van der Waals surface area contributed by atoms with E-state index in [2.05, 4.69) is 31.7 Å². The summed E-state index contributed by atoms with van der Waals surface area (Å²) in [6, 6.07) is 0. The van der Waals surface area contributed by atoms with E-state index in [4.69, 9.17) is 29.0 Å². The van der Waals surface area contributed by atoms with Crippen LogP contribution in [-0.2, 0) is 10.1 Å². The second kappa shape index (κ2) is 10.4. The van der Waals surface area contributed by atoms with Gasteiger partial charge in [-0.3, -0.25) is 15.4 Å². The summed E-state index contributed by atoms with van der Waals surface area (Å²) >= 11 is 9.84. The van der Waals surface area contributed by atoms with Crippen molar-refractivity contribution in [2.75, 3.05) is 19.3 Å². The Hall–Kier alpha value is -1.37. The number of hydrazone groups is 2. The zero-order valence-corrected chi connectivity index (χ0v) is 15.0. The van der Waals surface area contributed by atoms with Crippen molar-refractivity contribution in [3.8, 4) is 0 Å². The number of rotatable bonds is 7. The van der Waals surface area contributed by atoms with Gasteiger partial charge in [-0.1, -0.05) is 0 Å². The van der Waals surface area contributed by atoms with Gasteiger partial charge in [-0.05, 0) is 44.7 Å². The maximum absolute atomic E-state index is 10.5. The van der Waals surface area contributed by atoms with Gasteiger partial charge in [0.25, 0.3) is 10.1 Å². The largest absolute Gasteiger partial charge is 0.364 e. The van der Waals surface area contributed by atoms with Gasteiger partial charge in [0.15, 0.2) is 10.2 Å². The van der Waals surface area contributed by atoms with Gasteiger partial charge < -0.3 is 10.6 Å². The lowest BCUT2D eigenvalue weighted by Crippen LogP contribution is -2.34. The molecule has 0 spiro atoms. The molecule has 0 saturated carbocycles. The van der Waals surface area contributed by atoms with Crippen LogP contribution in [0.1, 0.15) is 20.3 Å². The van der Waals surface area contributed by atoms with E-state index < -0.39 is 10.1 Å². The molecule has 0 saturated heterocycles. The Morgan fingerprint density at radius 2 is 1.59 bits per heavy atom. The SMILES string of the molecule is CNC(=S)NN=C(C)C(C)=NNC(=S)NCCCS(=O)(=O)O. The van der Waals surface area contributed by atoms with E-state index in [9.17, 15) is 8.42 Å². The van der Waals surface area contributed by atoms with Gasteiger partial charge in [-0.2, -0.15) is 18.6 Å². The van der Waals surface area contributed by atoms with Crippen molar-refractivity contribution in [1.29, 1.82) is 0 Å². The lowest BCUT2D eigenvalue weighted by Gasteiger charge is -2.07. The van der Waals surface area contributed by atoms with Crippen LogP contribution in [-0.4, -0.2) is 54.0 Å². The Morgan fingerprint density at radius 3 is 2.05 bits per heavy atom. The van der Waals surface area contributed by atoms with Crippen molar-refractivity contribution in [1.82, 2.24) is 21.5 Å². The molecule has 0 amide bonds. The van der Waals surface area contributed by atoms with Crippen LogP contribution in [0.15, 0.2) is 10.2 Å². The molecule has 0 bridgehead atoms. The van der Waals surface area contributed by atoms with Gasteiger partial charge in [0.1, 0.15) is 0 Å². The Balaban J connectivity index is 4.17. The minimum atomic E-state index is -3.94. The first kappa shape index (κ1) is 20.6. The summed E-state index contributed by atoms with van der Waals surface area (Å²) in [5, 5.41) is 14.1. The molecular weight excluding hydrogens is 348 g/mol. The Bertz CT molecular complexity index is 558. The molecule has 0 aromatic heterocycles. The lowest BCUT2D eigenvalue weighted by atomic mass is 10.3. The molecule has 0 heterocycles. The van der Waals surface area contributed by atoms with Crippen LogP contribution in [0.3, 0.4) is 0 Å². The summed E-state index contributed by atoms with van der Waals surface area (Å²) in [7, 11) is -2.27. The highest BCUT2D eigenvalue weighted by Gasteiger charge is 2.04. The predicted octanol–water partition coefficient (Wildman–Crippen LogP) is -0.426. The van der Waals surface area contributed by atoms with Crippen LogP contribution < -0.4 is 21.5 Å². The first-order valence-electron chi connectivity index (χ1n) is 6.21. The molecule has 5 N–H and O–H groups in total. The molecule has 0 unspecified atom stereocenters. The monoisotopic (exact) mass is 368 g/mol. The Morgan fingerprint density at radius 1 is 1.09 bits per heavy atom. The van der Waals surface area contributed by atoms with Gasteiger partial charge in [0.2, 0.25) is 0 Å². The predicted molar refractivity (Wildman–Crippen MR) is 95.8 cm³/mol. The van der Waals surface area contributed by atoms with Crippen molar-refractivity contribution < 1.29 is 13.0 Å². The molecule has 0 aromatic carbocycles. The summed E-state index contributed by atoms with van der Waals surface area (Å²) < 4.78 is 29.6. The van der Waals surface area contributed by atoms with Crippen LogP contribution in [0.5, 0.6) is 0 Å². The lowest BCUT2D eigenvalue weighted by molar-refractivity contribution is 0.481. The average Bonchev–Trinajstić information content (AvgIpc) is 2.45. The number of hydrogen-bond acceptors (Lipinski definition) is 6. The maximum atomic E-state index is 10.5. The van der Waals surface area contributed by atoms with Crippen molar-refractivity contribution in [2.24, 2.45) is 10.2 Å². The second-order valence-corrected chi connectivity index (χ2v) is 6.48. The maximum Gasteiger partial charge on any atom is 0.264 e. The zero-order valence-electron chi connectivity index (χ0n) is 12.5. The van der Waals surface area contributed by atoms with E-state index in [0.29, 0.717) is 23.1 Å². The van der Waals surface area contributed by atoms with Gasteiger partial charge in [-0.15, -0.1) is 0 Å². The van der Waals surface area contributed by atoms with Crippen molar-refractivity contribution in [3.05, 3.63) is 0 Å². The van der Waals surface area contributed by atoms with Gasteiger partial charge in [-0.25, -0.2) is 0 Å². The molecule has 0 radical (unpaired) electrons. The van der Waals surface area contributed by atoms with Crippen LogP contribution >= 0.6 is 24.4 Å². The van der Waals surface area contributed by atoms with Gasteiger partial charge in [0.05, 0.1) is 17.2 Å². The molecule has 9 nitrogen and oxygen atoms in total. The summed E-state index contributed by atoms with van der Waals surface area (Å²) in [6.45, 7) is 3.77. The summed E-state index contributed by atoms with van der Waals surface area (Å²) in [4.78, 5) is 0. The third-order valence-electron chi connectivity index (χ3n) is 2.27. The minimum absolute atomic E-state index is 0.231. The van der Waals surface area contributed by atoms with Crippen LogP contribution in [0.25, 0.3) is 0 Å². The van der Waals surface area contributed by atoms with Crippen LogP contribution in [0.4, 0.5) is 0 Å². The second-order valence-electron chi connectivity index (χ2n) is 4.09. The van der Waals surface area contributed by atoms with E-state index >= 15 is 0 Å². The molecule has 0 rings (SSSR count).